The van der Waals surface area contributed by atoms with Crippen LogP contribution >= 0.6 is 11.3 Å². The lowest BCUT2D eigenvalue weighted by atomic mass is 10.1. The van der Waals surface area contributed by atoms with Crippen LogP contribution in [-0.2, 0) is 0 Å². The van der Waals surface area contributed by atoms with Gasteiger partial charge in [-0.3, -0.25) is 4.79 Å². The molecule has 1 aromatic heterocycles. The van der Waals surface area contributed by atoms with Crippen LogP contribution in [0.5, 0.6) is 0 Å². The summed E-state index contributed by atoms with van der Waals surface area (Å²) in [5, 5.41) is 6.65. The van der Waals surface area contributed by atoms with Gasteiger partial charge >= 0.3 is 6.03 Å². The number of hydrogen-bond acceptors (Lipinski definition) is 6. The maximum absolute atomic E-state index is 14.0. The van der Waals surface area contributed by atoms with Gasteiger partial charge in [0.2, 0.25) is 5.78 Å². The summed E-state index contributed by atoms with van der Waals surface area (Å²) in [5.41, 5.74) is 6.26. The quantitative estimate of drug-likeness (QED) is 0.444. The number of nitrogens with two attached hydrogens (primary N) is 1. The molecule has 178 valence electrons. The molecule has 0 bridgehead atoms. The van der Waals surface area contributed by atoms with E-state index in [0.717, 1.165) is 29.0 Å². The highest BCUT2D eigenvalue weighted by atomic mass is 32.1. The summed E-state index contributed by atoms with van der Waals surface area (Å²) < 4.78 is 28.0. The van der Waals surface area contributed by atoms with Crippen LogP contribution in [-0.4, -0.2) is 40.8 Å². The van der Waals surface area contributed by atoms with Crippen molar-refractivity contribution in [3.8, 4) is 0 Å². The lowest BCUT2D eigenvalue weighted by Crippen LogP contribution is -2.47. The van der Waals surface area contributed by atoms with Gasteiger partial charge in [-0.05, 0) is 37.5 Å². The molecule has 0 aliphatic carbocycles. The van der Waals surface area contributed by atoms with Gasteiger partial charge in [-0.15, -0.1) is 0 Å². The highest BCUT2D eigenvalue weighted by Crippen LogP contribution is 2.30. The molecule has 1 aliphatic rings. The second-order valence-electron chi connectivity index (χ2n) is 8.15. The number of nitrogens with one attached hydrogen (secondary N) is 2. The highest BCUT2D eigenvalue weighted by molar-refractivity contribution is 7.18. The molecule has 1 saturated heterocycles. The number of halogens is 2. The van der Waals surface area contributed by atoms with Crippen molar-refractivity contribution in [2.24, 2.45) is 0 Å². The van der Waals surface area contributed by atoms with Crippen LogP contribution < -0.4 is 16.4 Å². The second-order valence-corrected chi connectivity index (χ2v) is 9.15. The van der Waals surface area contributed by atoms with E-state index in [1.54, 1.807) is 4.90 Å². The van der Waals surface area contributed by atoms with Crippen LogP contribution in [0.4, 0.5) is 24.5 Å². The summed E-state index contributed by atoms with van der Waals surface area (Å²) in [6.45, 7) is 3.05. The number of thiazole rings is 1. The maximum atomic E-state index is 14.0. The first-order valence-corrected chi connectivity index (χ1v) is 11.8. The summed E-state index contributed by atoms with van der Waals surface area (Å²) in [6, 6.07) is 12.8. The number of piperidine rings is 1. The molecule has 0 radical (unpaired) electrons. The Labute approximate surface area is 200 Å². The van der Waals surface area contributed by atoms with Crippen LogP contribution in [0.2, 0.25) is 0 Å². The summed E-state index contributed by atoms with van der Waals surface area (Å²) in [6.07, 6.45) is 1.36. The van der Waals surface area contributed by atoms with Gasteiger partial charge in [-0.2, -0.15) is 0 Å². The van der Waals surface area contributed by atoms with Crippen LogP contribution in [0.25, 0.3) is 0 Å². The van der Waals surface area contributed by atoms with E-state index in [4.69, 9.17) is 5.73 Å². The summed E-state index contributed by atoms with van der Waals surface area (Å²) in [4.78, 5) is 31.2. The predicted molar refractivity (Wildman–Crippen MR) is 128 cm³/mol. The Kier molecular flexibility index (Phi) is 7.06. The molecule has 7 nitrogen and oxygen atoms in total. The first-order chi connectivity index (χ1) is 16.3. The molecule has 1 fully saturated rings. The van der Waals surface area contributed by atoms with E-state index in [9.17, 15) is 18.4 Å². The van der Waals surface area contributed by atoms with E-state index in [-0.39, 0.29) is 28.8 Å². The summed E-state index contributed by atoms with van der Waals surface area (Å²) >= 11 is 0.964. The van der Waals surface area contributed by atoms with Crippen molar-refractivity contribution in [1.29, 1.82) is 0 Å². The number of rotatable bonds is 6. The number of urea groups is 1. The topological polar surface area (TPSA) is 100 Å². The zero-order valence-corrected chi connectivity index (χ0v) is 19.4. The average molecular weight is 486 g/mol. The highest BCUT2D eigenvalue weighted by Gasteiger charge is 2.27. The first kappa shape index (κ1) is 23.6. The number of anilines is 2. The van der Waals surface area contributed by atoms with Crippen molar-refractivity contribution in [1.82, 2.24) is 15.2 Å². The van der Waals surface area contributed by atoms with E-state index in [1.807, 2.05) is 37.3 Å². The number of ketones is 1. The Hall–Kier alpha value is -3.53. The monoisotopic (exact) mass is 485 g/mol. The van der Waals surface area contributed by atoms with E-state index >= 15 is 0 Å². The molecule has 0 unspecified atom stereocenters. The standard InChI is InChI=1S/C24H25F2N5O2S/c1-14(15-6-3-2-4-7-15)28-24(33)31-12-10-16(11-13-31)29-23-30-22(27)21(34-23)20(32)19-17(25)8-5-9-18(19)26/h2-9,14,16H,10-13,27H2,1H3,(H,28,33)(H,29,30)/t14-/m1/s1. The number of amides is 2. The normalized spacial score (nSPS) is 15.1. The van der Waals surface area contributed by atoms with Gasteiger partial charge in [0, 0.05) is 19.1 Å². The van der Waals surface area contributed by atoms with Crippen LogP contribution in [0.3, 0.4) is 0 Å². The van der Waals surface area contributed by atoms with Crippen LogP contribution in [0, 0.1) is 11.6 Å². The van der Waals surface area contributed by atoms with Gasteiger partial charge < -0.3 is 21.3 Å². The van der Waals surface area contributed by atoms with Crippen LogP contribution in [0.1, 0.15) is 46.6 Å². The Morgan fingerprint density at radius 1 is 1.09 bits per heavy atom. The molecule has 0 spiro atoms. The zero-order valence-electron chi connectivity index (χ0n) is 18.6. The van der Waals surface area contributed by atoms with E-state index in [2.05, 4.69) is 15.6 Å². The maximum Gasteiger partial charge on any atom is 0.317 e. The number of nitrogen functional groups attached to an aromatic ring is 1. The minimum atomic E-state index is -0.945. The molecule has 1 aliphatic heterocycles. The fraction of sp³-hybridized carbons (Fsp3) is 0.292. The molecule has 0 saturated carbocycles. The molecule has 2 aromatic carbocycles. The minimum Gasteiger partial charge on any atom is -0.382 e. The van der Waals surface area contributed by atoms with E-state index < -0.39 is 23.0 Å². The Morgan fingerprint density at radius 2 is 1.74 bits per heavy atom. The lowest BCUT2D eigenvalue weighted by molar-refractivity contribution is 0.103. The molecule has 2 amide bonds. The van der Waals surface area contributed by atoms with Crippen LogP contribution in [0.15, 0.2) is 48.5 Å². The Bertz CT molecular complexity index is 1160. The van der Waals surface area contributed by atoms with Gasteiger partial charge in [0.25, 0.3) is 0 Å². The van der Waals surface area contributed by atoms with Crippen molar-refractivity contribution in [2.45, 2.75) is 31.8 Å². The summed E-state index contributed by atoms with van der Waals surface area (Å²) in [5.74, 6) is -2.80. The largest absolute Gasteiger partial charge is 0.382 e. The molecule has 1 atom stereocenters. The SMILES string of the molecule is C[C@@H](NC(=O)N1CCC(Nc2nc(N)c(C(=O)c3c(F)cccc3F)s2)CC1)c1ccccc1. The molecule has 2 heterocycles. The molecule has 34 heavy (non-hydrogen) atoms. The molecular weight excluding hydrogens is 460 g/mol. The number of aromatic nitrogens is 1. The molecule has 3 aromatic rings. The van der Waals surface area contributed by atoms with Gasteiger partial charge in [0.15, 0.2) is 5.13 Å². The second kappa shape index (κ2) is 10.2. The molecular formula is C24H25F2N5O2S. The predicted octanol–water partition coefficient (Wildman–Crippen LogP) is 4.58. The van der Waals surface area contributed by atoms with E-state index in [1.165, 1.54) is 6.07 Å². The third-order valence-corrected chi connectivity index (χ3v) is 6.80. The van der Waals surface area contributed by atoms with Crippen molar-refractivity contribution in [2.75, 3.05) is 24.1 Å². The number of carbonyl (C=O) groups is 2. The van der Waals surface area contributed by atoms with Crippen molar-refractivity contribution < 1.29 is 18.4 Å². The Balaban J connectivity index is 1.33. The van der Waals surface area contributed by atoms with Crippen molar-refractivity contribution in [3.05, 3.63) is 76.2 Å². The lowest BCUT2D eigenvalue weighted by Gasteiger charge is -2.33. The third-order valence-electron chi connectivity index (χ3n) is 5.80. The Morgan fingerprint density at radius 3 is 2.38 bits per heavy atom. The van der Waals surface area contributed by atoms with Crippen molar-refractivity contribution >= 4 is 34.1 Å². The first-order valence-electron chi connectivity index (χ1n) is 11.0. The van der Waals surface area contributed by atoms with Gasteiger partial charge in [0.05, 0.1) is 11.6 Å². The number of likely N-dealkylation sites (tertiary alicyclic amines) is 1. The van der Waals surface area contributed by atoms with Gasteiger partial charge in [0.1, 0.15) is 22.3 Å². The fourth-order valence-electron chi connectivity index (χ4n) is 3.89. The number of benzene rings is 2. The summed E-state index contributed by atoms with van der Waals surface area (Å²) in [7, 11) is 0. The third kappa shape index (κ3) is 5.17. The van der Waals surface area contributed by atoms with Gasteiger partial charge in [-0.1, -0.05) is 47.7 Å². The van der Waals surface area contributed by atoms with E-state index in [0.29, 0.717) is 31.1 Å². The zero-order chi connectivity index (χ0) is 24.2. The molecule has 4 rings (SSSR count). The number of carbonyl (C=O) groups excluding carboxylic acids is 2. The fourth-order valence-corrected chi connectivity index (χ4v) is 4.80. The van der Waals surface area contributed by atoms with Gasteiger partial charge in [-0.25, -0.2) is 18.6 Å². The minimum absolute atomic E-state index is 0.0155. The number of nitrogens with zero attached hydrogens (tertiary/aromatic N) is 2. The molecule has 4 N–H and O–H groups in total. The average Bonchev–Trinajstić information content (AvgIpc) is 3.19. The number of hydrogen-bond donors (Lipinski definition) is 3. The van der Waals surface area contributed by atoms with Crippen molar-refractivity contribution in [3.63, 3.8) is 0 Å². The molecule has 10 heteroatoms. The smallest absolute Gasteiger partial charge is 0.317 e.